The van der Waals surface area contributed by atoms with Gasteiger partial charge in [-0.25, -0.2) is 4.79 Å². The molecule has 4 aromatic rings. The predicted octanol–water partition coefficient (Wildman–Crippen LogP) is 5.45. The molecule has 0 aliphatic heterocycles. The fraction of sp³-hybridized carbons (Fsp3) is 0.227. The molecule has 4 rings (SSSR count). The number of carbonyl (C=O) groups is 1. The molecule has 150 valence electrons. The lowest BCUT2D eigenvalue weighted by atomic mass is 9.91. The van der Waals surface area contributed by atoms with Crippen molar-refractivity contribution in [2.24, 2.45) is 0 Å². The van der Waals surface area contributed by atoms with Crippen LogP contribution in [-0.4, -0.2) is 18.8 Å². The first-order valence-corrected chi connectivity index (χ1v) is 9.25. The minimum atomic E-state index is -5.05. The Balaban J connectivity index is 1.38. The highest BCUT2D eigenvalue weighted by molar-refractivity contribution is 6.23. The normalized spacial score (nSPS) is 12.2. The van der Waals surface area contributed by atoms with Crippen LogP contribution in [0.2, 0.25) is 0 Å². The predicted molar refractivity (Wildman–Crippen MR) is 104 cm³/mol. The molecule has 0 aromatic heterocycles. The van der Waals surface area contributed by atoms with Crippen molar-refractivity contribution in [3.8, 4) is 0 Å². The van der Waals surface area contributed by atoms with Gasteiger partial charge >= 0.3 is 12.1 Å². The number of halogens is 3. The van der Waals surface area contributed by atoms with Crippen LogP contribution >= 0.6 is 0 Å². The number of alkyl halides is 3. The summed E-state index contributed by atoms with van der Waals surface area (Å²) in [5.74, 6) is -2.34. The summed E-state index contributed by atoms with van der Waals surface area (Å²) in [5.41, 5.74) is 2.80. The second-order valence-corrected chi connectivity index (χ2v) is 6.86. The van der Waals surface area contributed by atoms with E-state index in [0.29, 0.717) is 6.42 Å². The van der Waals surface area contributed by atoms with E-state index in [4.69, 9.17) is 4.84 Å². The summed E-state index contributed by atoms with van der Waals surface area (Å²) in [7, 11) is 0. The quantitative estimate of drug-likeness (QED) is 0.254. The van der Waals surface area contributed by atoms with Gasteiger partial charge in [0, 0.05) is 0 Å². The molecule has 7 heteroatoms. The van der Waals surface area contributed by atoms with Crippen molar-refractivity contribution in [1.82, 2.24) is 5.64 Å². The standard InChI is InChI=1S/C22H18F3NO3/c23-22(24,25)21(27)29-26-28-13-2-1-4-14-7-8-17-10-9-15-5-3-6-16-11-12-18(14)20(17)19(15)16/h3,5-12,26H,1-2,4,13H2. The van der Waals surface area contributed by atoms with E-state index in [2.05, 4.69) is 59.4 Å². The average molecular weight is 401 g/mol. The van der Waals surface area contributed by atoms with Crippen molar-refractivity contribution < 1.29 is 27.6 Å². The Hall–Kier alpha value is -2.90. The molecule has 0 atom stereocenters. The Morgan fingerprint density at radius 3 is 2.24 bits per heavy atom. The average Bonchev–Trinajstić information content (AvgIpc) is 2.71. The number of hydrogen-bond donors (Lipinski definition) is 1. The van der Waals surface area contributed by atoms with Gasteiger partial charge in [0.05, 0.1) is 6.61 Å². The highest BCUT2D eigenvalue weighted by Crippen LogP contribution is 2.36. The van der Waals surface area contributed by atoms with Crippen LogP contribution in [0.15, 0.2) is 54.6 Å². The van der Waals surface area contributed by atoms with Crippen molar-refractivity contribution >= 4 is 38.3 Å². The Morgan fingerprint density at radius 1 is 0.862 bits per heavy atom. The van der Waals surface area contributed by atoms with E-state index in [1.807, 2.05) is 0 Å². The summed E-state index contributed by atoms with van der Waals surface area (Å²) in [6, 6.07) is 19.1. The Labute approximate surface area is 164 Å². The largest absolute Gasteiger partial charge is 0.492 e. The molecule has 0 aliphatic carbocycles. The zero-order chi connectivity index (χ0) is 20.4. The van der Waals surface area contributed by atoms with Crippen LogP contribution in [0.3, 0.4) is 0 Å². The van der Waals surface area contributed by atoms with Crippen LogP contribution < -0.4 is 5.64 Å². The van der Waals surface area contributed by atoms with Crippen LogP contribution in [0.4, 0.5) is 13.2 Å². The number of unbranched alkanes of at least 4 members (excludes halogenated alkanes) is 1. The van der Waals surface area contributed by atoms with Gasteiger partial charge in [-0.05, 0) is 62.8 Å². The number of hydrogen-bond acceptors (Lipinski definition) is 4. The maximum atomic E-state index is 12.0. The van der Waals surface area contributed by atoms with Gasteiger partial charge in [0.1, 0.15) is 0 Å². The lowest BCUT2D eigenvalue weighted by Crippen LogP contribution is -2.31. The molecule has 0 bridgehead atoms. The zero-order valence-corrected chi connectivity index (χ0v) is 15.4. The summed E-state index contributed by atoms with van der Waals surface area (Å²) in [4.78, 5) is 19.0. The Morgan fingerprint density at radius 2 is 1.52 bits per heavy atom. The maximum Gasteiger partial charge on any atom is 0.492 e. The fourth-order valence-corrected chi connectivity index (χ4v) is 3.67. The molecule has 0 saturated carbocycles. The number of nitrogens with one attached hydrogen (secondary N) is 1. The molecule has 0 aliphatic rings. The van der Waals surface area contributed by atoms with Gasteiger partial charge in [-0.3, -0.25) is 4.84 Å². The third-order valence-corrected chi connectivity index (χ3v) is 4.99. The first kappa shape index (κ1) is 19.4. The van der Waals surface area contributed by atoms with Crippen LogP contribution in [0.1, 0.15) is 18.4 Å². The number of aryl methyl sites for hydroxylation is 1. The van der Waals surface area contributed by atoms with Crippen LogP contribution in [0.5, 0.6) is 0 Å². The van der Waals surface area contributed by atoms with Crippen molar-refractivity contribution in [3.63, 3.8) is 0 Å². The second-order valence-electron chi connectivity index (χ2n) is 6.86. The van der Waals surface area contributed by atoms with Gasteiger partial charge in [0.15, 0.2) is 0 Å². The smallest absolute Gasteiger partial charge is 0.337 e. The third kappa shape index (κ3) is 3.97. The van der Waals surface area contributed by atoms with Gasteiger partial charge in [0.2, 0.25) is 0 Å². The summed E-state index contributed by atoms with van der Waals surface area (Å²) in [6.45, 7) is 0.122. The van der Waals surface area contributed by atoms with E-state index < -0.39 is 12.1 Å². The summed E-state index contributed by atoms with van der Waals surface area (Å²) in [5, 5.41) is 7.37. The van der Waals surface area contributed by atoms with Crippen LogP contribution in [0.25, 0.3) is 32.3 Å². The van der Waals surface area contributed by atoms with E-state index in [1.54, 1.807) is 5.64 Å². The van der Waals surface area contributed by atoms with Gasteiger partial charge in [-0.1, -0.05) is 54.6 Å². The molecule has 29 heavy (non-hydrogen) atoms. The molecule has 0 amide bonds. The first-order chi connectivity index (χ1) is 13.9. The second kappa shape index (κ2) is 7.85. The monoisotopic (exact) mass is 401 g/mol. The molecule has 1 N–H and O–H groups in total. The molecule has 0 fully saturated rings. The Kier molecular flexibility index (Phi) is 5.25. The summed E-state index contributed by atoms with van der Waals surface area (Å²) < 4.78 is 35.9. The molecule has 4 aromatic carbocycles. The van der Waals surface area contributed by atoms with Crippen molar-refractivity contribution in [2.45, 2.75) is 25.4 Å². The lowest BCUT2D eigenvalue weighted by molar-refractivity contribution is -0.235. The van der Waals surface area contributed by atoms with Crippen molar-refractivity contribution in [1.29, 1.82) is 0 Å². The van der Waals surface area contributed by atoms with Crippen LogP contribution in [0, 0.1) is 0 Å². The molecular weight excluding hydrogens is 383 g/mol. The maximum absolute atomic E-state index is 12.0. The first-order valence-electron chi connectivity index (χ1n) is 9.25. The zero-order valence-electron chi connectivity index (χ0n) is 15.4. The summed E-state index contributed by atoms with van der Waals surface area (Å²) >= 11 is 0. The van der Waals surface area contributed by atoms with E-state index >= 15 is 0 Å². The van der Waals surface area contributed by atoms with Gasteiger partial charge in [-0.15, -0.1) is 0 Å². The van der Waals surface area contributed by atoms with E-state index in [0.717, 1.165) is 12.8 Å². The fourth-order valence-electron chi connectivity index (χ4n) is 3.67. The number of benzene rings is 4. The molecular formula is C22H18F3NO3. The molecule has 4 nitrogen and oxygen atoms in total. The van der Waals surface area contributed by atoms with E-state index in [1.165, 1.54) is 37.9 Å². The molecule has 0 saturated heterocycles. The van der Waals surface area contributed by atoms with Crippen molar-refractivity contribution in [3.05, 3.63) is 60.2 Å². The lowest BCUT2D eigenvalue weighted by Gasteiger charge is -2.14. The molecule has 0 spiro atoms. The van der Waals surface area contributed by atoms with Gasteiger partial charge < -0.3 is 4.84 Å². The van der Waals surface area contributed by atoms with E-state index in [-0.39, 0.29) is 6.61 Å². The Bertz CT molecular complexity index is 1140. The number of rotatable bonds is 7. The highest BCUT2D eigenvalue weighted by Gasteiger charge is 2.41. The minimum Gasteiger partial charge on any atom is -0.337 e. The van der Waals surface area contributed by atoms with Gasteiger partial charge in [-0.2, -0.15) is 13.2 Å². The van der Waals surface area contributed by atoms with Gasteiger partial charge in [0.25, 0.3) is 0 Å². The minimum absolute atomic E-state index is 0.122. The van der Waals surface area contributed by atoms with Crippen molar-refractivity contribution in [2.75, 3.05) is 6.61 Å². The molecule has 0 heterocycles. The SMILES string of the molecule is O=C(ONOCCCCc1ccc2ccc3cccc4ccc1c2c34)C(F)(F)F. The topological polar surface area (TPSA) is 47.6 Å². The summed E-state index contributed by atoms with van der Waals surface area (Å²) in [6.07, 6.45) is -2.87. The van der Waals surface area contributed by atoms with Crippen LogP contribution in [-0.2, 0) is 20.9 Å². The number of carbonyl (C=O) groups excluding carboxylic acids is 1. The third-order valence-electron chi connectivity index (χ3n) is 4.99. The van der Waals surface area contributed by atoms with E-state index in [9.17, 15) is 18.0 Å². The highest BCUT2D eigenvalue weighted by atomic mass is 19.4. The molecule has 0 unspecified atom stereocenters. The molecule has 0 radical (unpaired) electrons.